The molecule has 0 unspecified atom stereocenters. The van der Waals surface area contributed by atoms with Gasteiger partial charge < -0.3 is 15.2 Å². The first-order valence-electron chi connectivity index (χ1n) is 5.57. The normalized spacial score (nSPS) is 10.6. The van der Waals surface area contributed by atoms with E-state index in [9.17, 15) is 4.79 Å². The smallest absolute Gasteiger partial charge is 0.358 e. The van der Waals surface area contributed by atoms with Crippen LogP contribution < -0.4 is 5.32 Å². The molecule has 1 aromatic rings. The fourth-order valence-electron chi connectivity index (χ4n) is 1.32. The summed E-state index contributed by atoms with van der Waals surface area (Å²) in [4.78, 5) is 10.5. The average Bonchev–Trinajstić information content (AvgIpc) is 2.77. The molecule has 0 atom stereocenters. The van der Waals surface area contributed by atoms with Crippen LogP contribution in [0.1, 0.15) is 23.3 Å². The molecule has 0 aliphatic heterocycles. The molecule has 7 nitrogen and oxygen atoms in total. The highest BCUT2D eigenvalue weighted by molar-refractivity contribution is 5.84. The van der Waals surface area contributed by atoms with E-state index in [1.807, 2.05) is 0 Å². The Morgan fingerprint density at radius 3 is 3.00 bits per heavy atom. The summed E-state index contributed by atoms with van der Waals surface area (Å²) in [6.07, 6.45) is 3.52. The van der Waals surface area contributed by atoms with E-state index in [2.05, 4.69) is 15.6 Å². The zero-order chi connectivity index (χ0) is 12.5. The van der Waals surface area contributed by atoms with Gasteiger partial charge in [-0.1, -0.05) is 5.21 Å². The van der Waals surface area contributed by atoms with Crippen molar-refractivity contribution in [3.05, 3.63) is 11.9 Å². The molecule has 0 aromatic carbocycles. The minimum atomic E-state index is -1.05. The van der Waals surface area contributed by atoms with Crippen molar-refractivity contribution in [1.82, 2.24) is 20.3 Å². The van der Waals surface area contributed by atoms with Gasteiger partial charge >= 0.3 is 5.97 Å². The summed E-state index contributed by atoms with van der Waals surface area (Å²) < 4.78 is 6.46. The van der Waals surface area contributed by atoms with Crippen molar-refractivity contribution in [2.75, 3.05) is 26.8 Å². The van der Waals surface area contributed by atoms with Crippen LogP contribution in [-0.2, 0) is 11.3 Å². The molecule has 0 radical (unpaired) electrons. The third-order valence-electron chi connectivity index (χ3n) is 2.23. The average molecular weight is 242 g/mol. The molecule has 0 saturated carbocycles. The first-order valence-corrected chi connectivity index (χ1v) is 5.57. The first-order chi connectivity index (χ1) is 8.24. The predicted octanol–water partition coefficient (Wildman–Crippen LogP) is -0.00750. The second-order valence-corrected chi connectivity index (χ2v) is 3.62. The van der Waals surface area contributed by atoms with Gasteiger partial charge in [0.1, 0.15) is 0 Å². The van der Waals surface area contributed by atoms with E-state index in [0.29, 0.717) is 6.54 Å². The Morgan fingerprint density at radius 1 is 1.53 bits per heavy atom. The number of unbranched alkanes of at least 4 members (excludes halogenated alkanes) is 1. The summed E-state index contributed by atoms with van der Waals surface area (Å²) in [5, 5.41) is 19.1. The van der Waals surface area contributed by atoms with Gasteiger partial charge in [0.2, 0.25) is 0 Å². The Labute approximate surface area is 99.8 Å². The molecule has 96 valence electrons. The van der Waals surface area contributed by atoms with Gasteiger partial charge in [-0.05, 0) is 19.4 Å². The van der Waals surface area contributed by atoms with E-state index >= 15 is 0 Å². The highest BCUT2D eigenvalue weighted by Gasteiger charge is 2.07. The van der Waals surface area contributed by atoms with Crippen LogP contribution in [-0.4, -0.2) is 52.9 Å². The molecular formula is C10H18N4O3. The summed E-state index contributed by atoms with van der Waals surface area (Å²) in [7, 11) is 1.69. The molecule has 7 heteroatoms. The minimum absolute atomic E-state index is 0.0231. The second-order valence-electron chi connectivity index (χ2n) is 3.62. The molecular weight excluding hydrogens is 224 g/mol. The van der Waals surface area contributed by atoms with Crippen molar-refractivity contribution in [2.24, 2.45) is 0 Å². The fraction of sp³-hybridized carbons (Fsp3) is 0.700. The van der Waals surface area contributed by atoms with Crippen molar-refractivity contribution in [3.63, 3.8) is 0 Å². The van der Waals surface area contributed by atoms with Crippen LogP contribution in [0.5, 0.6) is 0 Å². The van der Waals surface area contributed by atoms with Crippen LogP contribution >= 0.6 is 0 Å². The van der Waals surface area contributed by atoms with E-state index in [4.69, 9.17) is 9.84 Å². The highest BCUT2D eigenvalue weighted by Crippen LogP contribution is 1.92. The number of carboxylic acids is 1. The largest absolute Gasteiger partial charge is 0.476 e. The fourth-order valence-corrected chi connectivity index (χ4v) is 1.32. The van der Waals surface area contributed by atoms with Gasteiger partial charge in [-0.2, -0.15) is 0 Å². The molecule has 0 amide bonds. The third-order valence-corrected chi connectivity index (χ3v) is 2.23. The molecule has 0 aliphatic rings. The van der Waals surface area contributed by atoms with Crippen LogP contribution in [0.2, 0.25) is 0 Å². The summed E-state index contributed by atoms with van der Waals surface area (Å²) in [5.74, 6) is -1.05. The van der Waals surface area contributed by atoms with Crippen molar-refractivity contribution >= 4 is 5.97 Å². The number of ether oxygens (including phenoxy) is 1. The van der Waals surface area contributed by atoms with Gasteiger partial charge in [0.05, 0.1) is 12.7 Å². The van der Waals surface area contributed by atoms with Gasteiger partial charge in [0, 0.05) is 20.3 Å². The number of methoxy groups -OCH3 is 1. The van der Waals surface area contributed by atoms with Crippen LogP contribution in [0.3, 0.4) is 0 Å². The Balaban J connectivity index is 2.07. The van der Waals surface area contributed by atoms with Crippen LogP contribution in [0.4, 0.5) is 0 Å². The van der Waals surface area contributed by atoms with Crippen LogP contribution in [0.25, 0.3) is 0 Å². The SMILES string of the molecule is COCCCCNCCn1cc(C(=O)O)nn1. The first kappa shape index (κ1) is 13.6. The molecule has 1 rings (SSSR count). The number of hydrogen-bond acceptors (Lipinski definition) is 5. The predicted molar refractivity (Wildman–Crippen MR) is 61.0 cm³/mol. The van der Waals surface area contributed by atoms with Crippen molar-refractivity contribution in [1.29, 1.82) is 0 Å². The Bertz CT molecular complexity index is 340. The summed E-state index contributed by atoms with van der Waals surface area (Å²) in [6, 6.07) is 0. The highest BCUT2D eigenvalue weighted by atomic mass is 16.5. The lowest BCUT2D eigenvalue weighted by molar-refractivity contribution is 0.0690. The number of nitrogens with one attached hydrogen (secondary N) is 1. The number of carbonyl (C=O) groups is 1. The van der Waals surface area contributed by atoms with E-state index in [0.717, 1.165) is 32.5 Å². The maximum Gasteiger partial charge on any atom is 0.358 e. The van der Waals surface area contributed by atoms with E-state index in [1.54, 1.807) is 7.11 Å². The summed E-state index contributed by atoms with van der Waals surface area (Å²) in [5.41, 5.74) is -0.0231. The zero-order valence-electron chi connectivity index (χ0n) is 9.93. The molecule has 2 N–H and O–H groups in total. The van der Waals surface area contributed by atoms with Crippen molar-refractivity contribution in [3.8, 4) is 0 Å². The summed E-state index contributed by atoms with van der Waals surface area (Å²) in [6.45, 7) is 3.07. The molecule has 0 fully saturated rings. The molecule has 0 aliphatic carbocycles. The van der Waals surface area contributed by atoms with Crippen molar-refractivity contribution in [2.45, 2.75) is 19.4 Å². The number of aromatic nitrogens is 3. The van der Waals surface area contributed by atoms with Gasteiger partial charge in [0.15, 0.2) is 5.69 Å². The van der Waals surface area contributed by atoms with Gasteiger partial charge in [-0.25, -0.2) is 4.79 Å². The quantitative estimate of drug-likeness (QED) is 0.592. The standard InChI is InChI=1S/C10H18N4O3/c1-17-7-3-2-4-11-5-6-14-8-9(10(15)16)12-13-14/h8,11H,2-7H2,1H3,(H,15,16). The van der Waals surface area contributed by atoms with E-state index in [-0.39, 0.29) is 5.69 Å². The summed E-state index contributed by atoms with van der Waals surface area (Å²) >= 11 is 0. The molecule has 1 heterocycles. The number of carboxylic acid groups (broad SMARTS) is 1. The van der Waals surface area contributed by atoms with Gasteiger partial charge in [-0.3, -0.25) is 4.68 Å². The topological polar surface area (TPSA) is 89.3 Å². The molecule has 0 bridgehead atoms. The molecule has 1 aromatic heterocycles. The lowest BCUT2D eigenvalue weighted by Gasteiger charge is -2.03. The second kappa shape index (κ2) is 7.75. The number of rotatable bonds is 9. The van der Waals surface area contributed by atoms with Gasteiger partial charge in [-0.15, -0.1) is 5.10 Å². The van der Waals surface area contributed by atoms with E-state index < -0.39 is 5.97 Å². The Morgan fingerprint density at radius 2 is 2.35 bits per heavy atom. The van der Waals surface area contributed by atoms with Crippen LogP contribution in [0.15, 0.2) is 6.20 Å². The maximum absolute atomic E-state index is 10.5. The lowest BCUT2D eigenvalue weighted by Crippen LogP contribution is -2.21. The zero-order valence-corrected chi connectivity index (χ0v) is 9.93. The number of aromatic carboxylic acids is 1. The maximum atomic E-state index is 10.5. The number of hydrogen-bond donors (Lipinski definition) is 2. The third kappa shape index (κ3) is 5.41. The Hall–Kier alpha value is -1.47. The van der Waals surface area contributed by atoms with Crippen molar-refractivity contribution < 1.29 is 14.6 Å². The molecule has 17 heavy (non-hydrogen) atoms. The monoisotopic (exact) mass is 242 g/mol. The minimum Gasteiger partial charge on any atom is -0.476 e. The molecule has 0 saturated heterocycles. The number of nitrogens with zero attached hydrogens (tertiary/aromatic N) is 3. The van der Waals surface area contributed by atoms with Crippen LogP contribution in [0, 0.1) is 0 Å². The van der Waals surface area contributed by atoms with E-state index in [1.165, 1.54) is 10.9 Å². The molecule has 0 spiro atoms. The van der Waals surface area contributed by atoms with Gasteiger partial charge in [0.25, 0.3) is 0 Å². The lowest BCUT2D eigenvalue weighted by atomic mass is 10.3. The Kier molecular flexibility index (Phi) is 6.19.